The molecule has 1 unspecified atom stereocenters. The minimum atomic E-state index is -1.59. The van der Waals surface area contributed by atoms with Crippen LogP contribution in [0.25, 0.3) is 0 Å². The van der Waals surface area contributed by atoms with Crippen LogP contribution in [0.5, 0.6) is 17.2 Å². The van der Waals surface area contributed by atoms with Crippen LogP contribution in [0.15, 0.2) is 132 Å². The molecule has 0 aliphatic carbocycles. The number of nitrogens with one attached hydrogen (secondary N) is 2. The van der Waals surface area contributed by atoms with Gasteiger partial charge in [0.1, 0.15) is 31.4 Å². The first kappa shape index (κ1) is 67.0. The number of nitrogens with zero attached hydrogens (tertiary/aromatic N) is 6. The van der Waals surface area contributed by atoms with E-state index >= 15 is 0 Å². The Balaban J connectivity index is 0.697. The third kappa shape index (κ3) is 15.4. The maximum absolute atomic E-state index is 14.8. The fraction of sp³-hybridized carbons (Fsp3) is 0.356. The summed E-state index contributed by atoms with van der Waals surface area (Å²) in [7, 11) is 1.44. The number of aliphatic hydroxyl groups excluding tert-OH is 1. The molecular formula is C73H76N8O15. The minimum absolute atomic E-state index is 0.0266. The molecule has 7 amide bonds. The Bertz CT molecular complexity index is 4060. The highest BCUT2D eigenvalue weighted by Gasteiger charge is 2.46. The van der Waals surface area contributed by atoms with E-state index in [2.05, 4.69) is 22.8 Å². The van der Waals surface area contributed by atoms with Crippen LogP contribution in [0.3, 0.4) is 0 Å². The summed E-state index contributed by atoms with van der Waals surface area (Å²) >= 11 is 0. The Kier molecular flexibility index (Phi) is 20.9. The van der Waals surface area contributed by atoms with Crippen LogP contribution in [0.1, 0.15) is 111 Å². The monoisotopic (exact) mass is 1300 g/mol. The molecule has 0 fully saturated rings. The number of aliphatic imine (C=N–C) groups is 1. The summed E-state index contributed by atoms with van der Waals surface area (Å²) in [6, 6.07) is 32.6. The van der Waals surface area contributed by atoms with Crippen molar-refractivity contribution in [3.05, 3.63) is 189 Å². The zero-order chi connectivity index (χ0) is 67.7. The van der Waals surface area contributed by atoms with Crippen LogP contribution in [-0.2, 0) is 90.4 Å². The number of amides is 7. The Morgan fingerprint density at radius 3 is 2.02 bits per heavy atom. The molecule has 5 aliphatic rings. The number of Topliss-reactive ketones (excluding diaryl/α,β-unsaturated/α-hetero) is 2. The van der Waals surface area contributed by atoms with Crippen molar-refractivity contribution < 1.29 is 71.9 Å². The predicted molar refractivity (Wildman–Crippen MR) is 351 cm³/mol. The maximum atomic E-state index is 14.8. The third-order valence-corrected chi connectivity index (χ3v) is 18.0. The second-order valence-electron chi connectivity index (χ2n) is 24.8. The topological polar surface area (TPSA) is 282 Å². The van der Waals surface area contributed by atoms with E-state index in [1.807, 2.05) is 86.5 Å². The van der Waals surface area contributed by atoms with E-state index in [4.69, 9.17) is 33.7 Å². The maximum Gasteiger partial charge on any atom is 0.416 e. The molecular weight excluding hydrogens is 1230 g/mol. The van der Waals surface area contributed by atoms with Gasteiger partial charge in [0.05, 0.1) is 72.3 Å². The van der Waals surface area contributed by atoms with E-state index in [0.29, 0.717) is 52.5 Å². The van der Waals surface area contributed by atoms with Crippen LogP contribution < -0.4 is 29.7 Å². The highest BCUT2D eigenvalue weighted by Crippen LogP contribution is 2.42. The second kappa shape index (κ2) is 29.9. The molecule has 498 valence electrons. The summed E-state index contributed by atoms with van der Waals surface area (Å²) in [4.78, 5) is 134. The lowest BCUT2D eigenvalue weighted by Crippen LogP contribution is -2.55. The van der Waals surface area contributed by atoms with E-state index in [1.165, 1.54) is 24.8 Å². The molecule has 0 radical (unpaired) electrons. The molecule has 23 heteroatoms. The number of carbonyl (C=O) groups excluding carboxylic acids is 9. The fourth-order valence-electron chi connectivity index (χ4n) is 12.4. The molecule has 0 saturated carbocycles. The number of aliphatic hydroxyl groups is 1. The highest BCUT2D eigenvalue weighted by atomic mass is 16.6. The number of carbonyl (C=O) groups is 9. The van der Waals surface area contributed by atoms with Crippen molar-refractivity contribution in [2.75, 3.05) is 38.3 Å². The van der Waals surface area contributed by atoms with E-state index in [1.54, 1.807) is 48.2 Å². The lowest BCUT2D eigenvalue weighted by atomic mass is 9.88. The van der Waals surface area contributed by atoms with Gasteiger partial charge in [-0.05, 0) is 95.8 Å². The van der Waals surface area contributed by atoms with Gasteiger partial charge in [-0.25, -0.2) is 9.69 Å². The van der Waals surface area contributed by atoms with E-state index in [-0.39, 0.29) is 143 Å². The van der Waals surface area contributed by atoms with Crippen molar-refractivity contribution >= 4 is 70.7 Å². The molecule has 5 aliphatic heterocycles. The van der Waals surface area contributed by atoms with Gasteiger partial charge >= 0.3 is 6.09 Å². The van der Waals surface area contributed by atoms with Crippen LogP contribution in [0, 0.1) is 18.8 Å². The molecule has 6 heterocycles. The Morgan fingerprint density at radius 1 is 0.688 bits per heavy atom. The van der Waals surface area contributed by atoms with Crippen molar-refractivity contribution in [3.63, 3.8) is 0 Å². The third-order valence-electron chi connectivity index (χ3n) is 18.0. The Hall–Kier alpha value is -10.4. The number of aromatic nitrogens is 1. The fourth-order valence-corrected chi connectivity index (χ4v) is 12.4. The molecule has 5 atom stereocenters. The largest absolute Gasteiger partial charge is 0.493 e. The molecule has 6 aromatic rings. The number of hydrogen-bond acceptors (Lipinski definition) is 17. The number of benzene rings is 5. The molecule has 0 spiro atoms. The average molecular weight is 1310 g/mol. The first-order valence-corrected chi connectivity index (χ1v) is 32.1. The van der Waals surface area contributed by atoms with Crippen LogP contribution in [-0.4, -0.2) is 142 Å². The quantitative estimate of drug-likeness (QED) is 0.0349. The number of fused-ring (bicyclic) bond motifs is 6. The number of anilines is 1. The summed E-state index contributed by atoms with van der Waals surface area (Å²) in [5, 5.41) is 17.8. The SMILES string of the molecule is COc1cc2c(cc1OCc1cccc(COc3cc4c(cc3C)C(=O)N3Cc5ccccc5C[C@H]3C=N4)n1)N(C(=O)OCc1ccc(CC(=O)[C@H](C)NC(=O)[C@@H](CC(=O)CCOCCNC(=O)CCN3C(=O)C=CC3=O)C(C)C)cc1)C(O)[C@@H]1Cc3ccccc3CN1C2=O. The normalized spacial score (nSPS) is 17.4. The number of rotatable bonds is 26. The molecule has 11 rings (SSSR count). The van der Waals surface area contributed by atoms with Gasteiger partial charge in [0, 0.05) is 88.3 Å². The number of pyridine rings is 1. The van der Waals surface area contributed by atoms with Crippen LogP contribution >= 0.6 is 0 Å². The first-order valence-electron chi connectivity index (χ1n) is 32.1. The number of ketones is 2. The van der Waals surface area contributed by atoms with Crippen LogP contribution in [0.4, 0.5) is 16.2 Å². The summed E-state index contributed by atoms with van der Waals surface area (Å²) < 4.78 is 30.0. The summed E-state index contributed by atoms with van der Waals surface area (Å²) in [5.41, 5.74) is 8.32. The van der Waals surface area contributed by atoms with E-state index in [0.717, 1.165) is 44.2 Å². The van der Waals surface area contributed by atoms with Gasteiger partial charge in [0.25, 0.3) is 23.6 Å². The molecule has 3 N–H and O–H groups in total. The average Bonchev–Trinajstić information content (AvgIpc) is 1.58. The van der Waals surface area contributed by atoms with Gasteiger partial charge in [-0.3, -0.25) is 53.2 Å². The van der Waals surface area contributed by atoms with E-state index in [9.17, 15) is 48.3 Å². The molecule has 96 heavy (non-hydrogen) atoms. The standard InChI is InChI=1S/C73H76N8O15/c1-43(2)56(33-55(82)24-27-93-28-25-74-66(84)23-26-78-67(85)21-22-68(78)86)69(87)76-45(4)62(83)30-46-17-19-47(20-18-46)40-96-73(91)81-60-36-65(64(92-5)34-58(60)71(89)80-39-51-14-9-7-12-49(51)32-61(80)72(81)90)95-42-53-16-10-15-52(77-53)41-94-63-35-59-57(29-44(63)3)70(88)79-38-50-13-8-6-11-48(50)31-54(79)37-75-59/h6-22,29,34-37,43,45,54,56,61,72,90H,23-28,30-33,38-42H2,1-5H3,(H,74,84)(H,76,87)/t45-,54-,56-,61-,72?/m0/s1. The summed E-state index contributed by atoms with van der Waals surface area (Å²) in [6.45, 7) is 7.83. The van der Waals surface area contributed by atoms with Crippen molar-refractivity contribution in [2.45, 2.75) is 123 Å². The van der Waals surface area contributed by atoms with Gasteiger partial charge in [-0.15, -0.1) is 0 Å². The summed E-state index contributed by atoms with van der Waals surface area (Å²) in [6.07, 6.45) is 2.40. The first-order chi connectivity index (χ1) is 46.3. The lowest BCUT2D eigenvalue weighted by Gasteiger charge is -2.39. The van der Waals surface area contributed by atoms with Crippen molar-refractivity contribution in [1.82, 2.24) is 30.3 Å². The number of aryl methyl sites for hydroxylation is 1. The molecule has 0 saturated heterocycles. The number of ether oxygens (including phenoxy) is 5. The molecule has 5 aromatic carbocycles. The molecule has 1 aromatic heterocycles. The van der Waals surface area contributed by atoms with Gasteiger partial charge < -0.3 is 49.2 Å². The molecule has 0 bridgehead atoms. The van der Waals surface area contributed by atoms with Gasteiger partial charge in [-0.2, -0.15) is 0 Å². The molecule has 23 nitrogen and oxygen atoms in total. The van der Waals surface area contributed by atoms with Crippen molar-refractivity contribution in [3.8, 4) is 17.2 Å². The smallest absolute Gasteiger partial charge is 0.416 e. The van der Waals surface area contributed by atoms with Crippen molar-refractivity contribution in [1.29, 1.82) is 0 Å². The minimum Gasteiger partial charge on any atom is -0.493 e. The van der Waals surface area contributed by atoms with Crippen molar-refractivity contribution in [2.24, 2.45) is 16.8 Å². The number of imide groups is 1. The Labute approximate surface area is 555 Å². The number of methoxy groups -OCH3 is 1. The zero-order valence-corrected chi connectivity index (χ0v) is 54.1. The van der Waals surface area contributed by atoms with Crippen LogP contribution in [0.2, 0.25) is 0 Å². The highest BCUT2D eigenvalue weighted by molar-refractivity contribution is 6.13. The van der Waals surface area contributed by atoms with Gasteiger partial charge in [0.15, 0.2) is 23.5 Å². The predicted octanol–water partition coefficient (Wildman–Crippen LogP) is 7.57. The van der Waals surface area contributed by atoms with Gasteiger partial charge in [0.2, 0.25) is 11.8 Å². The van der Waals surface area contributed by atoms with E-state index < -0.39 is 54.0 Å². The second-order valence-corrected chi connectivity index (χ2v) is 24.8. The zero-order valence-electron chi connectivity index (χ0n) is 54.1. The lowest BCUT2D eigenvalue weighted by molar-refractivity contribution is -0.137. The Morgan fingerprint density at radius 2 is 1.33 bits per heavy atom. The number of hydrogen-bond donors (Lipinski definition) is 3. The summed E-state index contributed by atoms with van der Waals surface area (Å²) in [5.74, 6) is -2.80. The van der Waals surface area contributed by atoms with Gasteiger partial charge in [-0.1, -0.05) is 92.7 Å².